The molecule has 0 saturated heterocycles. The third-order valence-electron chi connectivity index (χ3n) is 2.79. The summed E-state index contributed by atoms with van der Waals surface area (Å²) in [5.41, 5.74) is 1.55. The number of aliphatic hydroxyl groups is 1. The number of rotatable bonds is 4. The third-order valence-corrected chi connectivity index (χ3v) is 3.71. The van der Waals surface area contributed by atoms with Gasteiger partial charge in [-0.05, 0) is 23.6 Å². The van der Waals surface area contributed by atoms with Gasteiger partial charge < -0.3 is 15.0 Å². The molecular weight excluding hydrogens is 272 g/mol. The van der Waals surface area contributed by atoms with Crippen LogP contribution in [0.4, 0.5) is 0 Å². The van der Waals surface area contributed by atoms with Crippen molar-refractivity contribution >= 4 is 17.2 Å². The molecule has 0 aliphatic carbocycles. The normalized spacial score (nSPS) is 9.90. The molecule has 0 spiro atoms. The van der Waals surface area contributed by atoms with E-state index in [0.29, 0.717) is 18.7 Å². The molecule has 0 aliphatic rings. The first kappa shape index (κ1) is 14.4. The molecule has 0 saturated carbocycles. The maximum absolute atomic E-state index is 12.0. The van der Waals surface area contributed by atoms with Gasteiger partial charge in [-0.25, -0.2) is 0 Å². The third kappa shape index (κ3) is 3.50. The van der Waals surface area contributed by atoms with Crippen molar-refractivity contribution in [1.29, 1.82) is 0 Å². The SMILES string of the molecule is Cn1cccc1C(=O)NCc1sccc1C#CCCO. The van der Waals surface area contributed by atoms with Crippen LogP contribution in [0.1, 0.15) is 27.3 Å². The highest BCUT2D eigenvalue weighted by atomic mass is 32.1. The fourth-order valence-electron chi connectivity index (χ4n) is 1.75. The minimum atomic E-state index is -0.0971. The highest BCUT2D eigenvalue weighted by Crippen LogP contribution is 2.15. The molecule has 5 heteroatoms. The summed E-state index contributed by atoms with van der Waals surface area (Å²) in [6.45, 7) is 0.529. The average molecular weight is 288 g/mol. The number of aromatic nitrogens is 1. The number of carbonyl (C=O) groups is 1. The summed E-state index contributed by atoms with van der Waals surface area (Å²) in [6, 6.07) is 5.55. The van der Waals surface area contributed by atoms with E-state index in [1.54, 1.807) is 22.0 Å². The van der Waals surface area contributed by atoms with Crippen LogP contribution in [0, 0.1) is 11.8 Å². The number of hydrogen-bond donors (Lipinski definition) is 2. The van der Waals surface area contributed by atoms with Crippen LogP contribution >= 0.6 is 11.3 Å². The number of hydrogen-bond acceptors (Lipinski definition) is 3. The Kier molecular flexibility index (Phi) is 4.99. The van der Waals surface area contributed by atoms with Crippen molar-refractivity contribution in [3.8, 4) is 11.8 Å². The number of aliphatic hydroxyl groups excluding tert-OH is 1. The Morgan fingerprint density at radius 3 is 3.05 bits per heavy atom. The summed E-state index contributed by atoms with van der Waals surface area (Å²) in [5.74, 6) is 5.80. The van der Waals surface area contributed by atoms with Crippen LogP contribution < -0.4 is 5.32 Å². The molecule has 0 radical (unpaired) electrons. The van der Waals surface area contributed by atoms with Crippen molar-refractivity contribution < 1.29 is 9.90 Å². The lowest BCUT2D eigenvalue weighted by atomic mass is 10.2. The highest BCUT2D eigenvalue weighted by Gasteiger charge is 2.09. The Morgan fingerprint density at radius 2 is 2.35 bits per heavy atom. The molecule has 104 valence electrons. The van der Waals surface area contributed by atoms with E-state index in [4.69, 9.17) is 5.11 Å². The fourth-order valence-corrected chi connectivity index (χ4v) is 2.52. The zero-order valence-electron chi connectivity index (χ0n) is 11.2. The molecule has 20 heavy (non-hydrogen) atoms. The quantitative estimate of drug-likeness (QED) is 0.842. The number of nitrogens with zero attached hydrogens (tertiary/aromatic N) is 1. The van der Waals surface area contributed by atoms with Gasteiger partial charge in [-0.2, -0.15) is 0 Å². The Morgan fingerprint density at radius 1 is 1.50 bits per heavy atom. The van der Waals surface area contributed by atoms with E-state index in [2.05, 4.69) is 17.2 Å². The molecule has 2 rings (SSSR count). The summed E-state index contributed by atoms with van der Waals surface area (Å²) in [7, 11) is 1.84. The average Bonchev–Trinajstić information content (AvgIpc) is 3.05. The van der Waals surface area contributed by atoms with E-state index in [1.807, 2.05) is 30.8 Å². The molecule has 2 N–H and O–H groups in total. The minimum Gasteiger partial charge on any atom is -0.395 e. The van der Waals surface area contributed by atoms with E-state index in [1.165, 1.54) is 0 Å². The van der Waals surface area contributed by atoms with Crippen LogP contribution in [-0.4, -0.2) is 22.2 Å². The first-order valence-electron chi connectivity index (χ1n) is 6.28. The van der Waals surface area contributed by atoms with Crippen molar-refractivity contribution in [3.05, 3.63) is 45.9 Å². The van der Waals surface area contributed by atoms with Gasteiger partial charge in [0.2, 0.25) is 0 Å². The molecule has 2 aromatic heterocycles. The molecule has 4 nitrogen and oxygen atoms in total. The molecule has 1 amide bonds. The van der Waals surface area contributed by atoms with Gasteiger partial charge in [0.15, 0.2) is 0 Å². The molecule has 0 fully saturated rings. The van der Waals surface area contributed by atoms with Crippen molar-refractivity contribution in [2.45, 2.75) is 13.0 Å². The fraction of sp³-hybridized carbons (Fsp3) is 0.267. The first-order chi connectivity index (χ1) is 9.72. The smallest absolute Gasteiger partial charge is 0.268 e. The molecule has 0 aromatic carbocycles. The summed E-state index contributed by atoms with van der Waals surface area (Å²) in [4.78, 5) is 13.0. The molecule has 0 bridgehead atoms. The van der Waals surface area contributed by atoms with Crippen LogP contribution in [0.5, 0.6) is 0 Å². The minimum absolute atomic E-state index is 0.0662. The van der Waals surface area contributed by atoms with Crippen LogP contribution in [0.25, 0.3) is 0 Å². The maximum Gasteiger partial charge on any atom is 0.268 e. The molecular formula is C15H16N2O2S. The van der Waals surface area contributed by atoms with E-state index in [-0.39, 0.29) is 12.5 Å². The van der Waals surface area contributed by atoms with Gasteiger partial charge in [0, 0.05) is 30.1 Å². The number of amides is 1. The zero-order chi connectivity index (χ0) is 14.4. The second-order valence-corrected chi connectivity index (χ2v) is 5.22. The standard InChI is InChI=1S/C15H16N2O2S/c1-17-8-4-6-13(17)15(19)16-11-14-12(7-10-20-14)5-2-3-9-18/h4,6-8,10,18H,3,9,11H2,1H3,(H,16,19). The number of nitrogens with one attached hydrogen (secondary N) is 1. The van der Waals surface area contributed by atoms with Gasteiger partial charge in [-0.1, -0.05) is 11.8 Å². The summed E-state index contributed by atoms with van der Waals surface area (Å²) in [5, 5.41) is 13.6. The van der Waals surface area contributed by atoms with Crippen molar-refractivity contribution in [3.63, 3.8) is 0 Å². The second-order valence-electron chi connectivity index (χ2n) is 4.22. The number of thiophene rings is 1. The van der Waals surface area contributed by atoms with Crippen molar-refractivity contribution in [2.75, 3.05) is 6.61 Å². The Labute approximate surface area is 122 Å². The topological polar surface area (TPSA) is 54.3 Å². The molecule has 0 atom stereocenters. The van der Waals surface area contributed by atoms with Crippen molar-refractivity contribution in [1.82, 2.24) is 9.88 Å². The monoisotopic (exact) mass is 288 g/mol. The van der Waals surface area contributed by atoms with Gasteiger partial charge in [0.25, 0.3) is 5.91 Å². The van der Waals surface area contributed by atoms with Gasteiger partial charge in [0.1, 0.15) is 5.69 Å². The molecule has 2 heterocycles. The highest BCUT2D eigenvalue weighted by molar-refractivity contribution is 7.10. The lowest BCUT2D eigenvalue weighted by Crippen LogP contribution is -2.24. The molecule has 0 unspecified atom stereocenters. The maximum atomic E-state index is 12.0. The van der Waals surface area contributed by atoms with E-state index in [9.17, 15) is 4.79 Å². The van der Waals surface area contributed by atoms with E-state index < -0.39 is 0 Å². The van der Waals surface area contributed by atoms with Crippen molar-refractivity contribution in [2.24, 2.45) is 7.05 Å². The number of aryl methyl sites for hydroxylation is 1. The summed E-state index contributed by atoms with van der Waals surface area (Å²) in [6.07, 6.45) is 2.30. The Hall–Kier alpha value is -2.03. The van der Waals surface area contributed by atoms with Crippen LogP contribution in [0.3, 0.4) is 0 Å². The largest absolute Gasteiger partial charge is 0.395 e. The lowest BCUT2D eigenvalue weighted by Gasteiger charge is -2.05. The lowest BCUT2D eigenvalue weighted by molar-refractivity contribution is 0.0943. The van der Waals surface area contributed by atoms with E-state index in [0.717, 1.165) is 10.4 Å². The molecule has 2 aromatic rings. The molecule has 0 aliphatic heterocycles. The Bertz CT molecular complexity index is 646. The van der Waals surface area contributed by atoms with Gasteiger partial charge in [-0.15, -0.1) is 11.3 Å². The van der Waals surface area contributed by atoms with Crippen LogP contribution in [0.2, 0.25) is 0 Å². The summed E-state index contributed by atoms with van der Waals surface area (Å²) >= 11 is 1.56. The Balaban J connectivity index is 1.98. The van der Waals surface area contributed by atoms with Crippen LogP contribution in [0.15, 0.2) is 29.8 Å². The zero-order valence-corrected chi connectivity index (χ0v) is 12.0. The predicted octanol–water partition coefficient (Wildman–Crippen LogP) is 1.75. The second kappa shape index (κ2) is 6.94. The van der Waals surface area contributed by atoms with Gasteiger partial charge >= 0.3 is 0 Å². The first-order valence-corrected chi connectivity index (χ1v) is 7.16. The summed E-state index contributed by atoms with van der Waals surface area (Å²) < 4.78 is 1.78. The number of carbonyl (C=O) groups excluding carboxylic acids is 1. The van der Waals surface area contributed by atoms with Gasteiger partial charge in [0.05, 0.1) is 13.2 Å². The van der Waals surface area contributed by atoms with E-state index >= 15 is 0 Å². The van der Waals surface area contributed by atoms with Gasteiger partial charge in [-0.3, -0.25) is 4.79 Å². The van der Waals surface area contributed by atoms with Crippen LogP contribution in [-0.2, 0) is 13.6 Å². The predicted molar refractivity (Wildman–Crippen MR) is 79.5 cm³/mol.